The minimum Gasteiger partial charge on any atom is -0.494 e. The molecule has 11 nitrogen and oxygen atoms in total. The molecule has 0 radical (unpaired) electrons. The Balaban J connectivity index is 1.39. The Morgan fingerprint density at radius 1 is 1.00 bits per heavy atom. The van der Waals surface area contributed by atoms with Crippen LogP contribution in [0.5, 0.6) is 11.5 Å². The lowest BCUT2D eigenvalue weighted by molar-refractivity contribution is -0.111. The van der Waals surface area contributed by atoms with Gasteiger partial charge >= 0.3 is 0 Å². The van der Waals surface area contributed by atoms with Crippen molar-refractivity contribution in [1.82, 2.24) is 24.5 Å². The lowest BCUT2D eigenvalue weighted by atomic mass is 10.0. The average molecular weight is 615 g/mol. The van der Waals surface area contributed by atoms with Gasteiger partial charge in [-0.1, -0.05) is 13.5 Å². The SMILES string of the molecule is C=CC(=O)Nc1cc(N2CCN(CC)CC2)ccc1Nc1cc2c(cn1)cc(-c1c(F)c(OC)cc(OC)c1F)c1ncnn12. The van der Waals surface area contributed by atoms with Gasteiger partial charge in [0, 0.05) is 61.1 Å². The quantitative estimate of drug-likeness (QED) is 0.215. The maximum atomic E-state index is 15.5. The molecule has 1 amide bonds. The number of pyridine rings is 2. The first kappa shape index (κ1) is 29.8. The summed E-state index contributed by atoms with van der Waals surface area (Å²) in [6.07, 6.45) is 4.09. The van der Waals surface area contributed by atoms with Crippen LogP contribution >= 0.6 is 0 Å². The normalized spacial score (nSPS) is 13.7. The Hall–Kier alpha value is -5.30. The summed E-state index contributed by atoms with van der Waals surface area (Å²) >= 11 is 0. The van der Waals surface area contributed by atoms with Crippen LogP contribution in [-0.2, 0) is 4.79 Å². The molecule has 3 aromatic heterocycles. The highest BCUT2D eigenvalue weighted by molar-refractivity contribution is 6.02. The molecule has 0 unspecified atom stereocenters. The number of piperazine rings is 1. The maximum absolute atomic E-state index is 15.5. The van der Waals surface area contributed by atoms with Gasteiger partial charge in [-0.05, 0) is 36.9 Å². The van der Waals surface area contributed by atoms with Gasteiger partial charge in [-0.2, -0.15) is 5.10 Å². The number of hydrogen-bond donors (Lipinski definition) is 2. The van der Waals surface area contributed by atoms with Gasteiger partial charge in [0.05, 0.1) is 36.7 Å². The molecule has 0 aliphatic carbocycles. The monoisotopic (exact) mass is 614 g/mol. The predicted octanol–water partition coefficient (Wildman–Crippen LogP) is 5.25. The van der Waals surface area contributed by atoms with Gasteiger partial charge < -0.3 is 29.9 Å². The van der Waals surface area contributed by atoms with Crippen LogP contribution in [0.4, 0.5) is 31.7 Å². The maximum Gasteiger partial charge on any atom is 0.247 e. The summed E-state index contributed by atoms with van der Waals surface area (Å²) in [5, 5.41) is 11.1. The van der Waals surface area contributed by atoms with Crippen LogP contribution in [0.3, 0.4) is 0 Å². The summed E-state index contributed by atoms with van der Waals surface area (Å²) < 4.78 is 42.7. The number of halogens is 2. The number of benzene rings is 2. The molecular weight excluding hydrogens is 582 g/mol. The van der Waals surface area contributed by atoms with Gasteiger partial charge in [0.1, 0.15) is 12.1 Å². The van der Waals surface area contributed by atoms with Crippen molar-refractivity contribution in [2.75, 3.05) is 62.5 Å². The molecule has 2 aromatic carbocycles. The van der Waals surface area contributed by atoms with Crippen molar-refractivity contribution in [2.45, 2.75) is 6.92 Å². The molecule has 232 valence electrons. The second-order valence-corrected chi connectivity index (χ2v) is 10.4. The van der Waals surface area contributed by atoms with Crippen LogP contribution in [-0.4, -0.2) is 77.3 Å². The van der Waals surface area contributed by atoms with Crippen LogP contribution in [0.25, 0.3) is 27.7 Å². The zero-order valence-corrected chi connectivity index (χ0v) is 25.1. The topological polar surface area (TPSA) is 109 Å². The Bertz CT molecular complexity index is 1890. The number of ether oxygens (including phenoxy) is 2. The fourth-order valence-electron chi connectivity index (χ4n) is 5.53. The summed E-state index contributed by atoms with van der Waals surface area (Å²) in [4.78, 5) is 25.9. The van der Waals surface area contributed by atoms with E-state index in [0.29, 0.717) is 28.1 Å². The first-order valence-electron chi connectivity index (χ1n) is 14.4. The highest BCUT2D eigenvalue weighted by atomic mass is 19.1. The van der Waals surface area contributed by atoms with Crippen LogP contribution < -0.4 is 25.0 Å². The highest BCUT2D eigenvalue weighted by Crippen LogP contribution is 2.40. The minimum absolute atomic E-state index is 0.152. The molecule has 6 rings (SSSR count). The summed E-state index contributed by atoms with van der Waals surface area (Å²) in [6, 6.07) is 10.3. The molecule has 0 saturated carbocycles. The van der Waals surface area contributed by atoms with Crippen LogP contribution in [0.1, 0.15) is 6.92 Å². The molecule has 1 fully saturated rings. The van der Waals surface area contributed by atoms with E-state index in [0.717, 1.165) is 44.5 Å². The second kappa shape index (κ2) is 12.4. The molecule has 45 heavy (non-hydrogen) atoms. The number of fused-ring (bicyclic) bond motifs is 3. The minimum atomic E-state index is -0.893. The molecule has 1 aliphatic rings. The number of hydrogen-bond acceptors (Lipinski definition) is 9. The van der Waals surface area contributed by atoms with Gasteiger partial charge in [-0.15, -0.1) is 0 Å². The number of methoxy groups -OCH3 is 2. The number of nitrogens with zero attached hydrogens (tertiary/aromatic N) is 6. The first-order chi connectivity index (χ1) is 21.8. The molecule has 13 heteroatoms. The lowest BCUT2D eigenvalue weighted by Crippen LogP contribution is -2.46. The van der Waals surface area contributed by atoms with Crippen LogP contribution in [0, 0.1) is 11.6 Å². The number of anilines is 4. The number of amides is 1. The molecule has 0 bridgehead atoms. The first-order valence-corrected chi connectivity index (χ1v) is 14.4. The predicted molar refractivity (Wildman–Crippen MR) is 170 cm³/mol. The van der Waals surface area contributed by atoms with Crippen molar-refractivity contribution in [1.29, 1.82) is 0 Å². The van der Waals surface area contributed by atoms with E-state index >= 15 is 8.78 Å². The summed E-state index contributed by atoms with van der Waals surface area (Å²) in [7, 11) is 2.58. The van der Waals surface area contributed by atoms with E-state index in [4.69, 9.17) is 9.47 Å². The lowest BCUT2D eigenvalue weighted by Gasteiger charge is -2.35. The van der Waals surface area contributed by atoms with E-state index in [1.54, 1.807) is 18.3 Å². The Morgan fingerprint density at radius 2 is 1.73 bits per heavy atom. The van der Waals surface area contributed by atoms with E-state index in [1.165, 1.54) is 31.1 Å². The highest BCUT2D eigenvalue weighted by Gasteiger charge is 2.25. The zero-order valence-electron chi connectivity index (χ0n) is 25.1. The molecule has 1 saturated heterocycles. The van der Waals surface area contributed by atoms with Crippen molar-refractivity contribution in [3.63, 3.8) is 0 Å². The number of carbonyl (C=O) groups is 1. The number of nitrogens with one attached hydrogen (secondary N) is 2. The van der Waals surface area contributed by atoms with Gasteiger partial charge in [0.15, 0.2) is 28.8 Å². The third kappa shape index (κ3) is 5.57. The van der Waals surface area contributed by atoms with Crippen molar-refractivity contribution in [3.8, 4) is 22.6 Å². The van der Waals surface area contributed by atoms with Crippen LogP contribution in [0.15, 0.2) is 61.6 Å². The van der Waals surface area contributed by atoms with Gasteiger partial charge in [-0.25, -0.2) is 23.3 Å². The standard InChI is InChI=1S/C32H32F2N8O3/c1-5-28(43)39-23-14-20(41-11-9-40(6-2)10-12-41)7-8-22(23)38-27-15-24-19(17-35-27)13-21(32-36-18-37-42(24)32)29-30(33)25(44-3)16-26(45-4)31(29)34/h5,7-8,13-18H,1,6,9-12H2,2-4H3,(H,35,38)(H,39,43). The second-order valence-electron chi connectivity index (χ2n) is 10.4. The van der Waals surface area contributed by atoms with Crippen molar-refractivity contribution >= 4 is 45.3 Å². The molecule has 2 N–H and O–H groups in total. The van der Waals surface area contributed by atoms with Crippen LogP contribution in [0.2, 0.25) is 0 Å². The van der Waals surface area contributed by atoms with E-state index in [-0.39, 0.29) is 34.2 Å². The third-order valence-electron chi connectivity index (χ3n) is 7.97. The van der Waals surface area contributed by atoms with Crippen molar-refractivity contribution in [2.24, 2.45) is 0 Å². The van der Waals surface area contributed by atoms with E-state index in [2.05, 4.69) is 49.0 Å². The van der Waals surface area contributed by atoms with Gasteiger partial charge in [0.25, 0.3) is 0 Å². The molecule has 4 heterocycles. The zero-order chi connectivity index (χ0) is 31.7. The largest absolute Gasteiger partial charge is 0.494 e. The van der Waals surface area contributed by atoms with E-state index in [9.17, 15) is 4.79 Å². The Morgan fingerprint density at radius 3 is 2.40 bits per heavy atom. The number of likely N-dealkylation sites (N-methyl/N-ethyl adjacent to an activating group) is 1. The summed E-state index contributed by atoms with van der Waals surface area (Å²) in [6.45, 7) is 10.5. The molecule has 1 aliphatic heterocycles. The van der Waals surface area contributed by atoms with E-state index < -0.39 is 11.6 Å². The van der Waals surface area contributed by atoms with Gasteiger partial charge in [0.2, 0.25) is 5.91 Å². The van der Waals surface area contributed by atoms with Gasteiger partial charge in [-0.3, -0.25) is 4.79 Å². The summed E-state index contributed by atoms with van der Waals surface area (Å²) in [5.41, 5.74) is 2.78. The fourth-order valence-corrected chi connectivity index (χ4v) is 5.53. The molecular formula is C32H32F2N8O3. The summed E-state index contributed by atoms with van der Waals surface area (Å²) in [5.74, 6) is -2.03. The smallest absolute Gasteiger partial charge is 0.247 e. The Labute approximate surface area is 258 Å². The number of carbonyl (C=O) groups excluding carboxylic acids is 1. The Kier molecular flexibility index (Phi) is 8.18. The van der Waals surface area contributed by atoms with E-state index in [1.807, 2.05) is 18.2 Å². The average Bonchev–Trinajstić information content (AvgIpc) is 3.57. The molecule has 0 spiro atoms. The van der Waals surface area contributed by atoms with Crippen molar-refractivity contribution < 1.29 is 23.0 Å². The number of rotatable bonds is 9. The third-order valence-corrected chi connectivity index (χ3v) is 7.97. The number of aromatic nitrogens is 4. The molecule has 5 aromatic rings. The van der Waals surface area contributed by atoms with Crippen molar-refractivity contribution in [3.05, 3.63) is 73.2 Å². The molecule has 0 atom stereocenters. The fraction of sp³-hybridized carbons (Fsp3) is 0.250.